The molecule has 0 saturated heterocycles. The Morgan fingerprint density at radius 1 is 0.632 bits per heavy atom. The van der Waals surface area contributed by atoms with Gasteiger partial charge in [-0.15, -0.1) is 0 Å². The fourth-order valence-electron chi connectivity index (χ4n) is 4.28. The van der Waals surface area contributed by atoms with Crippen LogP contribution in [0, 0.1) is 0 Å². The molecule has 4 aromatic carbocycles. The van der Waals surface area contributed by atoms with E-state index in [0.717, 1.165) is 5.39 Å². The van der Waals surface area contributed by atoms with Crippen LogP contribution in [0.2, 0.25) is 0 Å². The predicted octanol–water partition coefficient (Wildman–Crippen LogP) is 9.43. The summed E-state index contributed by atoms with van der Waals surface area (Å²) < 4.78 is 80.2. The molecule has 0 bridgehead atoms. The lowest BCUT2D eigenvalue weighted by molar-refractivity contribution is -0.0499. The molecule has 0 amide bonds. The first-order chi connectivity index (χ1) is 18.2. The molecule has 0 atom stereocenters. The van der Waals surface area contributed by atoms with E-state index in [-0.39, 0.29) is 5.56 Å². The zero-order valence-electron chi connectivity index (χ0n) is 21.1. The second kappa shape index (κ2) is 10.4. The lowest BCUT2D eigenvalue weighted by atomic mass is 9.94. The maximum Gasteiger partial charge on any atom is 0.534 e. The summed E-state index contributed by atoms with van der Waals surface area (Å²) in [5, 5.41) is 2.38. The zero-order chi connectivity index (χ0) is 27.7. The quantitative estimate of drug-likeness (QED) is 0.165. The molecular formula is C29H25F3O5S. The smallest absolute Gasteiger partial charge is 0.456 e. The van der Waals surface area contributed by atoms with Crippen LogP contribution in [-0.2, 0) is 10.1 Å². The van der Waals surface area contributed by atoms with Crippen molar-refractivity contribution in [1.29, 1.82) is 0 Å². The average Bonchev–Trinajstić information content (AvgIpc) is 3.49. The molecule has 9 heteroatoms. The standard InChI is InChI=1S/C25H13F3O5S.2C2H6/c26-25(27,28)34(29,30)33-21-13-12-20-23(15-7-2-4-10-18(15)32-20)24(21)16-8-5-11-19-22(16)14-6-1-3-9-17(14)31-19;2*1-2/h1-13H;2*1-2H3. The van der Waals surface area contributed by atoms with Crippen LogP contribution in [0.4, 0.5) is 13.2 Å². The molecule has 0 N–H and O–H groups in total. The number of halogens is 3. The van der Waals surface area contributed by atoms with Crippen molar-refractivity contribution < 1.29 is 34.6 Å². The monoisotopic (exact) mass is 542 g/mol. The van der Waals surface area contributed by atoms with Crippen molar-refractivity contribution in [3.8, 4) is 16.9 Å². The van der Waals surface area contributed by atoms with Crippen molar-refractivity contribution in [3.05, 3.63) is 78.9 Å². The minimum absolute atomic E-state index is 0.160. The zero-order valence-corrected chi connectivity index (χ0v) is 21.9. The van der Waals surface area contributed by atoms with Crippen molar-refractivity contribution in [2.45, 2.75) is 33.2 Å². The predicted molar refractivity (Wildman–Crippen MR) is 145 cm³/mol. The Bertz CT molecular complexity index is 1850. The van der Waals surface area contributed by atoms with E-state index in [1.54, 1.807) is 54.6 Å². The van der Waals surface area contributed by atoms with Crippen LogP contribution in [0.15, 0.2) is 87.7 Å². The first-order valence-corrected chi connectivity index (χ1v) is 13.5. The van der Waals surface area contributed by atoms with E-state index < -0.39 is 21.4 Å². The van der Waals surface area contributed by atoms with Gasteiger partial charge in [0, 0.05) is 27.1 Å². The number of para-hydroxylation sites is 2. The summed E-state index contributed by atoms with van der Waals surface area (Å²) >= 11 is 0. The highest BCUT2D eigenvalue weighted by Gasteiger charge is 2.49. The van der Waals surface area contributed by atoms with Crippen molar-refractivity contribution in [3.63, 3.8) is 0 Å². The second-order valence-corrected chi connectivity index (χ2v) is 9.21. The number of benzene rings is 4. The largest absolute Gasteiger partial charge is 0.534 e. The Kier molecular flexibility index (Phi) is 7.42. The van der Waals surface area contributed by atoms with Crippen molar-refractivity contribution in [2.24, 2.45) is 0 Å². The Labute approximate surface area is 217 Å². The van der Waals surface area contributed by atoms with Gasteiger partial charge in [-0.1, -0.05) is 76.2 Å². The fourth-order valence-corrected chi connectivity index (χ4v) is 4.75. The fraction of sp³-hybridized carbons (Fsp3) is 0.172. The minimum Gasteiger partial charge on any atom is -0.456 e. The van der Waals surface area contributed by atoms with Crippen LogP contribution < -0.4 is 4.18 Å². The van der Waals surface area contributed by atoms with E-state index in [1.165, 1.54) is 12.1 Å². The minimum atomic E-state index is -5.92. The molecule has 0 radical (unpaired) electrons. The molecule has 0 spiro atoms. The normalized spacial score (nSPS) is 11.8. The number of hydrogen-bond donors (Lipinski definition) is 0. The van der Waals surface area contributed by atoms with Gasteiger partial charge >= 0.3 is 15.6 Å². The van der Waals surface area contributed by atoms with Gasteiger partial charge in [-0.2, -0.15) is 21.6 Å². The Balaban J connectivity index is 0.000000804. The van der Waals surface area contributed by atoms with Crippen LogP contribution in [0.1, 0.15) is 27.7 Å². The molecular weight excluding hydrogens is 517 g/mol. The summed E-state index contributed by atoms with van der Waals surface area (Å²) in [5.41, 5.74) is -3.03. The molecule has 5 nitrogen and oxygen atoms in total. The molecule has 0 aliphatic heterocycles. The third kappa shape index (κ3) is 4.47. The average molecular weight is 543 g/mol. The van der Waals surface area contributed by atoms with Crippen molar-refractivity contribution in [1.82, 2.24) is 0 Å². The summed E-state index contributed by atoms with van der Waals surface area (Å²) in [7, 11) is -5.92. The number of fused-ring (bicyclic) bond motifs is 6. The SMILES string of the molecule is CC.CC.O=S(=O)(Oc1ccc2oc3ccccc3c2c1-c1cccc2oc3ccccc3c12)C(F)(F)F. The highest BCUT2D eigenvalue weighted by Crippen LogP contribution is 2.47. The van der Waals surface area contributed by atoms with E-state index in [2.05, 4.69) is 0 Å². The van der Waals surface area contributed by atoms with Gasteiger partial charge in [-0.3, -0.25) is 0 Å². The van der Waals surface area contributed by atoms with Gasteiger partial charge in [0.15, 0.2) is 5.75 Å². The van der Waals surface area contributed by atoms with Crippen molar-refractivity contribution >= 4 is 54.0 Å². The Morgan fingerprint density at radius 3 is 1.71 bits per heavy atom. The molecule has 0 unspecified atom stereocenters. The molecule has 38 heavy (non-hydrogen) atoms. The molecule has 0 aliphatic rings. The summed E-state index contributed by atoms with van der Waals surface area (Å²) in [6, 6.07) is 21.9. The van der Waals surface area contributed by atoms with Crippen LogP contribution >= 0.6 is 0 Å². The highest BCUT2D eigenvalue weighted by molar-refractivity contribution is 7.88. The van der Waals surface area contributed by atoms with Gasteiger partial charge in [0.25, 0.3) is 0 Å². The molecule has 0 saturated carbocycles. The third-order valence-corrected chi connectivity index (χ3v) is 6.63. The number of alkyl halides is 3. The number of hydrogen-bond acceptors (Lipinski definition) is 5. The highest BCUT2D eigenvalue weighted by atomic mass is 32.2. The Morgan fingerprint density at radius 2 is 1.13 bits per heavy atom. The molecule has 198 valence electrons. The molecule has 2 aromatic heterocycles. The summed E-state index contributed by atoms with van der Waals surface area (Å²) in [6.07, 6.45) is 0. The van der Waals surface area contributed by atoms with Gasteiger partial charge in [-0.05, 0) is 35.9 Å². The summed E-state index contributed by atoms with van der Waals surface area (Å²) in [4.78, 5) is 0. The van der Waals surface area contributed by atoms with Gasteiger partial charge < -0.3 is 13.0 Å². The van der Waals surface area contributed by atoms with E-state index in [9.17, 15) is 21.6 Å². The summed E-state index contributed by atoms with van der Waals surface area (Å²) in [6.45, 7) is 8.00. The van der Waals surface area contributed by atoms with E-state index in [1.807, 2.05) is 39.8 Å². The van der Waals surface area contributed by atoms with Gasteiger partial charge in [-0.25, -0.2) is 0 Å². The number of furan rings is 2. The topological polar surface area (TPSA) is 69.7 Å². The van der Waals surface area contributed by atoms with Crippen LogP contribution in [0.25, 0.3) is 55.0 Å². The maximum absolute atomic E-state index is 13.2. The number of rotatable bonds is 3. The van der Waals surface area contributed by atoms with Crippen molar-refractivity contribution in [2.75, 3.05) is 0 Å². The second-order valence-electron chi connectivity index (χ2n) is 7.67. The van der Waals surface area contributed by atoms with E-state index in [4.69, 9.17) is 13.0 Å². The van der Waals surface area contributed by atoms with E-state index in [0.29, 0.717) is 44.1 Å². The van der Waals surface area contributed by atoms with Gasteiger partial charge in [0.1, 0.15) is 22.3 Å². The third-order valence-electron chi connectivity index (χ3n) is 5.66. The van der Waals surface area contributed by atoms with Crippen LogP contribution in [0.3, 0.4) is 0 Å². The first-order valence-electron chi connectivity index (χ1n) is 12.1. The molecule has 0 aliphatic carbocycles. The molecule has 6 rings (SSSR count). The maximum atomic E-state index is 13.2. The van der Waals surface area contributed by atoms with Crippen LogP contribution in [-0.4, -0.2) is 13.9 Å². The van der Waals surface area contributed by atoms with Gasteiger partial charge in [0.05, 0.1) is 0 Å². The summed E-state index contributed by atoms with van der Waals surface area (Å²) in [5.74, 6) is -0.464. The lowest BCUT2D eigenvalue weighted by Gasteiger charge is -2.15. The van der Waals surface area contributed by atoms with Crippen LogP contribution in [0.5, 0.6) is 5.75 Å². The molecule has 0 fully saturated rings. The first kappa shape index (κ1) is 27.1. The van der Waals surface area contributed by atoms with Gasteiger partial charge in [0.2, 0.25) is 0 Å². The molecule has 2 heterocycles. The van der Waals surface area contributed by atoms with E-state index >= 15 is 0 Å². The lowest BCUT2D eigenvalue weighted by Crippen LogP contribution is -2.28. The molecule has 6 aromatic rings. The Hall–Kier alpha value is -3.98.